The van der Waals surface area contributed by atoms with Gasteiger partial charge < -0.3 is 14.8 Å². The minimum Gasteiger partial charge on any atom is -0.493 e. The van der Waals surface area contributed by atoms with Gasteiger partial charge in [0.25, 0.3) is 5.91 Å². The van der Waals surface area contributed by atoms with E-state index in [-0.39, 0.29) is 36.5 Å². The fraction of sp³-hybridized carbons (Fsp3) is 0.318. The van der Waals surface area contributed by atoms with Crippen LogP contribution in [-0.4, -0.2) is 41.0 Å². The molecule has 162 valence electrons. The van der Waals surface area contributed by atoms with E-state index in [0.29, 0.717) is 28.5 Å². The van der Waals surface area contributed by atoms with Crippen LogP contribution in [-0.2, 0) is 6.54 Å². The van der Waals surface area contributed by atoms with Gasteiger partial charge in [0.15, 0.2) is 17.3 Å². The molecule has 31 heavy (non-hydrogen) atoms. The van der Waals surface area contributed by atoms with Crippen LogP contribution in [0.4, 0.5) is 4.39 Å². The number of nitrogens with one attached hydrogen (secondary N) is 1. The molecule has 0 unspecified atom stereocenters. The number of rotatable bonds is 8. The Morgan fingerprint density at radius 1 is 1.13 bits per heavy atom. The topological polar surface area (TPSA) is 87.4 Å². The van der Waals surface area contributed by atoms with E-state index in [4.69, 9.17) is 9.47 Å². The molecule has 1 N–H and O–H groups in total. The minimum atomic E-state index is -0.346. The number of carbonyl (C=O) groups is 1. The van der Waals surface area contributed by atoms with Crippen molar-refractivity contribution in [2.24, 2.45) is 0 Å². The van der Waals surface area contributed by atoms with Crippen molar-refractivity contribution in [1.29, 1.82) is 0 Å². The minimum absolute atomic E-state index is 0.114. The second-order valence-electron chi connectivity index (χ2n) is 7.26. The molecule has 2 aromatic carbocycles. The van der Waals surface area contributed by atoms with Gasteiger partial charge in [0.2, 0.25) is 0 Å². The summed E-state index contributed by atoms with van der Waals surface area (Å²) in [5.74, 6) is 0.859. The zero-order valence-electron chi connectivity index (χ0n) is 17.3. The molecule has 1 saturated carbocycles. The van der Waals surface area contributed by atoms with Gasteiger partial charge in [0.1, 0.15) is 5.82 Å². The number of carbonyl (C=O) groups excluding carboxylic acids is 1. The first-order valence-corrected chi connectivity index (χ1v) is 9.97. The van der Waals surface area contributed by atoms with Crippen LogP contribution in [0.3, 0.4) is 0 Å². The van der Waals surface area contributed by atoms with E-state index >= 15 is 0 Å². The first-order valence-electron chi connectivity index (χ1n) is 9.97. The third-order valence-electron chi connectivity index (χ3n) is 5.14. The number of benzene rings is 2. The molecule has 0 saturated heterocycles. The summed E-state index contributed by atoms with van der Waals surface area (Å²) in [6.45, 7) is 0.434. The van der Waals surface area contributed by atoms with Gasteiger partial charge in [-0.15, -0.1) is 5.10 Å². The van der Waals surface area contributed by atoms with E-state index in [0.717, 1.165) is 12.8 Å². The molecule has 0 bridgehead atoms. The van der Waals surface area contributed by atoms with Gasteiger partial charge in [0, 0.05) is 23.7 Å². The summed E-state index contributed by atoms with van der Waals surface area (Å²) in [5.41, 5.74) is 0.862. The number of hydrogen-bond acceptors (Lipinski definition) is 5. The van der Waals surface area contributed by atoms with Crippen LogP contribution in [0.25, 0.3) is 11.4 Å². The highest BCUT2D eigenvalue weighted by molar-refractivity contribution is 5.94. The first-order chi connectivity index (χ1) is 15.0. The number of ether oxygens (including phenoxy) is 2. The molecule has 0 spiro atoms. The first kappa shape index (κ1) is 20.6. The van der Waals surface area contributed by atoms with Crippen molar-refractivity contribution in [2.75, 3.05) is 20.8 Å². The molecular weight excluding hydrogens is 403 g/mol. The smallest absolute Gasteiger partial charge is 0.346 e. The van der Waals surface area contributed by atoms with Gasteiger partial charge in [-0.25, -0.2) is 13.9 Å². The van der Waals surface area contributed by atoms with E-state index in [1.165, 1.54) is 31.0 Å². The average molecular weight is 426 g/mol. The lowest BCUT2D eigenvalue weighted by Crippen LogP contribution is -2.32. The zero-order valence-corrected chi connectivity index (χ0v) is 17.3. The van der Waals surface area contributed by atoms with Gasteiger partial charge in [-0.05, 0) is 55.3 Å². The quantitative estimate of drug-likeness (QED) is 0.598. The number of halogens is 1. The van der Waals surface area contributed by atoms with Gasteiger partial charge in [-0.3, -0.25) is 9.36 Å². The molecule has 3 aromatic rings. The van der Waals surface area contributed by atoms with Crippen molar-refractivity contribution in [3.63, 3.8) is 0 Å². The van der Waals surface area contributed by atoms with Crippen LogP contribution < -0.4 is 20.5 Å². The number of hydrogen-bond donors (Lipinski definition) is 1. The highest BCUT2D eigenvalue weighted by Crippen LogP contribution is 2.36. The molecule has 1 aliphatic carbocycles. The highest BCUT2D eigenvalue weighted by Gasteiger charge is 2.30. The summed E-state index contributed by atoms with van der Waals surface area (Å²) < 4.78 is 26.7. The summed E-state index contributed by atoms with van der Waals surface area (Å²) in [6, 6.07) is 10.9. The summed E-state index contributed by atoms with van der Waals surface area (Å²) in [4.78, 5) is 25.3. The van der Waals surface area contributed by atoms with Crippen molar-refractivity contribution >= 4 is 5.91 Å². The molecule has 1 aliphatic rings. The second-order valence-corrected chi connectivity index (χ2v) is 7.26. The third kappa shape index (κ3) is 4.30. The number of aromatic nitrogens is 3. The van der Waals surface area contributed by atoms with Crippen molar-refractivity contribution in [3.05, 3.63) is 64.3 Å². The lowest BCUT2D eigenvalue weighted by atomic mass is 10.2. The molecule has 0 radical (unpaired) electrons. The van der Waals surface area contributed by atoms with E-state index in [1.54, 1.807) is 34.9 Å². The monoisotopic (exact) mass is 426 g/mol. The van der Waals surface area contributed by atoms with Gasteiger partial charge in [0.05, 0.1) is 20.8 Å². The van der Waals surface area contributed by atoms with E-state index < -0.39 is 0 Å². The standard InChI is InChI=1S/C22H23FN4O4/c1-30-18-10-5-15(13-19(18)31-2)21(28)24-11-12-26-22(29)27(17-8-9-17)20(25-26)14-3-6-16(23)7-4-14/h3-7,10,13,17H,8-9,11-12H2,1-2H3,(H,24,28). The maximum atomic E-state index is 13.3. The zero-order chi connectivity index (χ0) is 22.0. The summed E-state index contributed by atoms with van der Waals surface area (Å²) >= 11 is 0. The molecule has 1 heterocycles. The number of nitrogens with zero attached hydrogens (tertiary/aromatic N) is 3. The molecule has 8 nitrogen and oxygen atoms in total. The van der Waals surface area contributed by atoms with Crippen molar-refractivity contribution in [3.8, 4) is 22.9 Å². The van der Waals surface area contributed by atoms with Crippen LogP contribution in [0.5, 0.6) is 11.5 Å². The van der Waals surface area contributed by atoms with Crippen LogP contribution in [0, 0.1) is 5.82 Å². The van der Waals surface area contributed by atoms with Crippen LogP contribution >= 0.6 is 0 Å². The third-order valence-corrected chi connectivity index (χ3v) is 5.14. The molecule has 9 heteroatoms. The Balaban J connectivity index is 1.48. The Morgan fingerprint density at radius 2 is 1.84 bits per heavy atom. The maximum Gasteiger partial charge on any atom is 0.346 e. The Kier molecular flexibility index (Phi) is 5.75. The summed E-state index contributed by atoms with van der Waals surface area (Å²) in [7, 11) is 3.02. The predicted molar refractivity (Wildman–Crippen MR) is 112 cm³/mol. The SMILES string of the molecule is COc1ccc(C(=O)NCCn2nc(-c3ccc(F)cc3)n(C3CC3)c2=O)cc1OC. The molecule has 1 aromatic heterocycles. The van der Waals surface area contributed by atoms with E-state index in [1.807, 2.05) is 0 Å². The van der Waals surface area contributed by atoms with Crippen molar-refractivity contribution in [2.45, 2.75) is 25.4 Å². The van der Waals surface area contributed by atoms with Crippen molar-refractivity contribution in [1.82, 2.24) is 19.7 Å². The average Bonchev–Trinajstić information content (AvgIpc) is 3.57. The predicted octanol–water partition coefficient (Wildman–Crippen LogP) is 2.63. The number of amides is 1. The van der Waals surface area contributed by atoms with Gasteiger partial charge >= 0.3 is 5.69 Å². The normalized spacial score (nSPS) is 13.1. The Labute approximate surface area is 178 Å². The lowest BCUT2D eigenvalue weighted by molar-refractivity contribution is 0.0951. The number of methoxy groups -OCH3 is 2. The van der Waals surface area contributed by atoms with Crippen LogP contribution in [0.2, 0.25) is 0 Å². The molecular formula is C22H23FN4O4. The van der Waals surface area contributed by atoms with Crippen LogP contribution in [0.1, 0.15) is 29.2 Å². The molecule has 4 rings (SSSR count). The largest absolute Gasteiger partial charge is 0.493 e. The fourth-order valence-corrected chi connectivity index (χ4v) is 3.38. The Bertz CT molecular complexity index is 1150. The Hall–Kier alpha value is -3.62. The molecule has 1 fully saturated rings. The summed E-state index contributed by atoms with van der Waals surface area (Å²) in [5, 5.41) is 7.24. The van der Waals surface area contributed by atoms with Crippen LogP contribution in [0.15, 0.2) is 47.3 Å². The second kappa shape index (κ2) is 8.63. The lowest BCUT2D eigenvalue weighted by Gasteiger charge is -2.10. The fourth-order valence-electron chi connectivity index (χ4n) is 3.38. The van der Waals surface area contributed by atoms with E-state index in [2.05, 4.69) is 10.4 Å². The van der Waals surface area contributed by atoms with Gasteiger partial charge in [-0.2, -0.15) is 0 Å². The summed E-state index contributed by atoms with van der Waals surface area (Å²) in [6.07, 6.45) is 1.83. The molecule has 0 aliphatic heterocycles. The molecule has 0 atom stereocenters. The van der Waals surface area contributed by atoms with Gasteiger partial charge in [-0.1, -0.05) is 0 Å². The highest BCUT2D eigenvalue weighted by atomic mass is 19.1. The van der Waals surface area contributed by atoms with Crippen molar-refractivity contribution < 1.29 is 18.7 Å². The molecule has 1 amide bonds. The van der Waals surface area contributed by atoms with E-state index in [9.17, 15) is 14.0 Å². The Morgan fingerprint density at radius 3 is 2.48 bits per heavy atom. The maximum absolute atomic E-state index is 13.3.